The Morgan fingerprint density at radius 3 is 2.83 bits per heavy atom. The van der Waals surface area contributed by atoms with Crippen molar-refractivity contribution in [2.45, 2.75) is 44.6 Å². The van der Waals surface area contributed by atoms with E-state index in [1.807, 2.05) is 30.1 Å². The first kappa shape index (κ1) is 22.4. The molecule has 1 aliphatic heterocycles. The zero-order chi connectivity index (χ0) is 21.5. The lowest BCUT2D eigenvalue weighted by molar-refractivity contribution is -0.109. The number of anilines is 1. The Morgan fingerprint density at radius 1 is 1.23 bits per heavy atom. The molecular formula is C24H28ClFN2O2. The van der Waals surface area contributed by atoms with Gasteiger partial charge in [-0.25, -0.2) is 4.39 Å². The molecule has 1 aliphatic rings. The fourth-order valence-electron chi connectivity index (χ4n) is 3.89. The number of carbonyl (C=O) groups is 2. The Balaban J connectivity index is 1.37. The minimum Gasteiger partial charge on any atom is -0.365 e. The lowest BCUT2D eigenvalue weighted by atomic mass is 9.93. The molecular weight excluding hydrogens is 403 g/mol. The van der Waals surface area contributed by atoms with Crippen molar-refractivity contribution < 1.29 is 14.0 Å². The fraction of sp³-hybridized carbons (Fsp3) is 0.417. The van der Waals surface area contributed by atoms with Gasteiger partial charge in [0.1, 0.15) is 12.1 Å². The highest BCUT2D eigenvalue weighted by Gasteiger charge is 2.23. The number of benzene rings is 2. The van der Waals surface area contributed by atoms with Crippen LogP contribution in [0.15, 0.2) is 36.4 Å². The summed E-state index contributed by atoms with van der Waals surface area (Å²) in [5, 5.41) is 3.81. The van der Waals surface area contributed by atoms with Gasteiger partial charge in [0.2, 0.25) is 0 Å². The summed E-state index contributed by atoms with van der Waals surface area (Å²) in [6.07, 6.45) is 5.62. The molecule has 160 valence electrons. The van der Waals surface area contributed by atoms with E-state index in [-0.39, 0.29) is 17.6 Å². The predicted molar refractivity (Wildman–Crippen MR) is 119 cm³/mol. The van der Waals surface area contributed by atoms with Gasteiger partial charge in [-0.1, -0.05) is 17.7 Å². The molecule has 4 nitrogen and oxygen atoms in total. The van der Waals surface area contributed by atoms with Crippen molar-refractivity contribution in [3.63, 3.8) is 0 Å². The maximum Gasteiger partial charge on any atom is 0.162 e. The number of aldehydes is 1. The number of halogens is 2. The zero-order valence-electron chi connectivity index (χ0n) is 17.3. The minimum absolute atomic E-state index is 0.0781. The topological polar surface area (TPSA) is 49.4 Å². The van der Waals surface area contributed by atoms with Crippen molar-refractivity contribution in [1.82, 2.24) is 5.32 Å². The first-order valence-corrected chi connectivity index (χ1v) is 10.9. The van der Waals surface area contributed by atoms with Crippen LogP contribution in [-0.2, 0) is 17.6 Å². The van der Waals surface area contributed by atoms with Gasteiger partial charge in [-0.2, -0.15) is 0 Å². The number of hydrogen-bond acceptors (Lipinski definition) is 4. The largest absolute Gasteiger partial charge is 0.365 e. The van der Waals surface area contributed by atoms with Gasteiger partial charge in [0, 0.05) is 29.7 Å². The number of hydrogen-bond donors (Lipinski definition) is 1. The first-order valence-electron chi connectivity index (χ1n) is 10.5. The zero-order valence-corrected chi connectivity index (χ0v) is 18.1. The van der Waals surface area contributed by atoms with Crippen LogP contribution in [0.3, 0.4) is 0 Å². The van der Waals surface area contributed by atoms with Crippen LogP contribution in [0, 0.1) is 5.82 Å². The third-order valence-electron chi connectivity index (χ3n) is 5.74. The van der Waals surface area contributed by atoms with Crippen LogP contribution in [0.25, 0.3) is 0 Å². The maximum absolute atomic E-state index is 13.1. The van der Waals surface area contributed by atoms with Crippen LogP contribution >= 0.6 is 11.6 Å². The van der Waals surface area contributed by atoms with Crippen LogP contribution in [0.2, 0.25) is 5.02 Å². The van der Waals surface area contributed by atoms with Crippen molar-refractivity contribution >= 4 is 29.4 Å². The van der Waals surface area contributed by atoms with E-state index in [4.69, 9.17) is 11.6 Å². The monoisotopic (exact) mass is 430 g/mol. The van der Waals surface area contributed by atoms with Crippen LogP contribution in [0.5, 0.6) is 0 Å². The van der Waals surface area contributed by atoms with Crippen LogP contribution in [-0.4, -0.2) is 38.2 Å². The Kier molecular flexibility index (Phi) is 8.00. The van der Waals surface area contributed by atoms with E-state index in [2.05, 4.69) is 5.32 Å². The lowest BCUT2D eigenvalue weighted by Crippen LogP contribution is -2.37. The van der Waals surface area contributed by atoms with Crippen LogP contribution in [0.1, 0.15) is 47.2 Å². The number of nitrogens with one attached hydrogen (secondary N) is 1. The van der Waals surface area contributed by atoms with E-state index in [0.29, 0.717) is 11.4 Å². The molecule has 0 aliphatic carbocycles. The number of fused-ring (bicyclic) bond motifs is 1. The summed E-state index contributed by atoms with van der Waals surface area (Å²) in [4.78, 5) is 25.7. The van der Waals surface area contributed by atoms with Gasteiger partial charge in [-0.3, -0.25) is 4.79 Å². The van der Waals surface area contributed by atoms with Crippen molar-refractivity contribution in [1.29, 1.82) is 0 Å². The molecule has 30 heavy (non-hydrogen) atoms. The van der Waals surface area contributed by atoms with Gasteiger partial charge in [-0.05, 0) is 86.7 Å². The van der Waals surface area contributed by atoms with Gasteiger partial charge in [0.15, 0.2) is 5.78 Å². The molecule has 2 aromatic rings. The van der Waals surface area contributed by atoms with E-state index in [1.54, 1.807) is 6.07 Å². The normalized spacial score (nSPS) is 15.7. The van der Waals surface area contributed by atoms with E-state index < -0.39 is 0 Å². The number of nitrogens with zero attached hydrogens (tertiary/aromatic N) is 1. The van der Waals surface area contributed by atoms with Gasteiger partial charge in [0.05, 0.1) is 6.04 Å². The first-order chi connectivity index (χ1) is 14.5. The number of aryl methyl sites for hydroxylation is 1. The summed E-state index contributed by atoms with van der Waals surface area (Å²) in [5.74, 6) is -0.159. The molecule has 1 N–H and O–H groups in total. The molecule has 0 amide bonds. The van der Waals surface area contributed by atoms with Gasteiger partial charge in [0.25, 0.3) is 0 Å². The summed E-state index contributed by atoms with van der Waals surface area (Å²) in [7, 11) is 1.93. The number of Topliss-reactive ketones (excluding diaryl/α,β-unsaturated/α-hetero) is 1. The molecule has 0 radical (unpaired) electrons. The number of rotatable bonds is 10. The highest BCUT2D eigenvalue weighted by Crippen LogP contribution is 2.30. The number of ketones is 1. The molecule has 0 saturated heterocycles. The quantitative estimate of drug-likeness (QED) is 0.339. The van der Waals surface area contributed by atoms with E-state index >= 15 is 0 Å². The molecule has 0 fully saturated rings. The summed E-state index contributed by atoms with van der Waals surface area (Å²) in [6.45, 7) is 1.59. The van der Waals surface area contributed by atoms with E-state index in [9.17, 15) is 14.0 Å². The van der Waals surface area contributed by atoms with Crippen molar-refractivity contribution in [2.75, 3.05) is 25.0 Å². The second kappa shape index (κ2) is 10.7. The average molecular weight is 431 g/mol. The smallest absolute Gasteiger partial charge is 0.162 e. The summed E-state index contributed by atoms with van der Waals surface area (Å²) < 4.78 is 13.1. The molecule has 6 heteroatoms. The van der Waals surface area contributed by atoms with Gasteiger partial charge < -0.3 is 15.0 Å². The van der Waals surface area contributed by atoms with Crippen LogP contribution in [0.4, 0.5) is 10.1 Å². The summed E-state index contributed by atoms with van der Waals surface area (Å²) >= 11 is 6.03. The summed E-state index contributed by atoms with van der Waals surface area (Å²) in [5.41, 5.74) is 3.87. The Hall–Kier alpha value is -2.24. The molecule has 1 unspecified atom stereocenters. The second-order valence-electron chi connectivity index (χ2n) is 7.81. The molecule has 1 heterocycles. The Bertz CT molecular complexity index is 903. The lowest BCUT2D eigenvalue weighted by Gasteiger charge is -2.33. The fourth-order valence-corrected chi connectivity index (χ4v) is 4.15. The number of carbonyl (C=O) groups excluding carboxylic acids is 2. The van der Waals surface area contributed by atoms with Crippen LogP contribution < -0.4 is 10.2 Å². The Morgan fingerprint density at radius 2 is 2.07 bits per heavy atom. The van der Waals surface area contributed by atoms with Crippen molar-refractivity contribution in [3.8, 4) is 0 Å². The molecule has 0 spiro atoms. The standard InChI is InChI=1S/C24H28ClFN2O2/c1-28-21(16-29)9-6-18-14-19(7-10-23(18)28)24(30)4-2-3-12-27-13-11-17-5-8-20(26)15-22(17)25/h5,7-8,10,14-16,21,27H,2-4,6,9,11-13H2,1H3. The maximum atomic E-state index is 13.1. The third-order valence-corrected chi connectivity index (χ3v) is 6.09. The molecule has 1 atom stereocenters. The van der Waals surface area contributed by atoms with E-state index in [1.165, 1.54) is 12.1 Å². The van der Waals surface area contributed by atoms with Gasteiger partial charge in [-0.15, -0.1) is 0 Å². The molecule has 0 saturated carbocycles. The molecule has 0 bridgehead atoms. The molecule has 0 aromatic heterocycles. The highest BCUT2D eigenvalue weighted by molar-refractivity contribution is 6.31. The second-order valence-corrected chi connectivity index (χ2v) is 8.22. The average Bonchev–Trinajstić information content (AvgIpc) is 2.74. The predicted octanol–water partition coefficient (Wildman–Crippen LogP) is 4.61. The van der Waals surface area contributed by atoms with Crippen molar-refractivity contribution in [2.24, 2.45) is 0 Å². The SMILES string of the molecule is CN1c2ccc(C(=O)CCCCNCCc3ccc(F)cc3Cl)cc2CCC1C=O. The van der Waals surface area contributed by atoms with Gasteiger partial charge >= 0.3 is 0 Å². The number of unbranched alkanes of at least 4 members (excludes halogenated alkanes) is 1. The highest BCUT2D eigenvalue weighted by atomic mass is 35.5. The Labute approximate surface area is 182 Å². The van der Waals surface area contributed by atoms with E-state index in [0.717, 1.165) is 73.9 Å². The molecule has 2 aromatic carbocycles. The minimum atomic E-state index is -0.322. The number of likely N-dealkylation sites (N-methyl/N-ethyl adjacent to an activating group) is 1. The molecule has 3 rings (SSSR count). The third kappa shape index (κ3) is 5.67. The summed E-state index contributed by atoms with van der Waals surface area (Å²) in [6, 6.07) is 10.2. The van der Waals surface area contributed by atoms with Crippen molar-refractivity contribution in [3.05, 3.63) is 63.9 Å².